The van der Waals surface area contributed by atoms with Gasteiger partial charge < -0.3 is 5.11 Å². The molecule has 1 aromatic heterocycles. The topological polar surface area (TPSA) is 23.5 Å². The quantitative estimate of drug-likeness (QED) is 0.872. The summed E-state index contributed by atoms with van der Waals surface area (Å²) in [7, 11) is 0. The Hall–Kier alpha value is -0.380. The first-order chi connectivity index (χ1) is 8.16. The average Bonchev–Trinajstić information content (AvgIpc) is 3.00. The van der Waals surface area contributed by atoms with E-state index in [4.69, 9.17) is 0 Å². The number of likely N-dealkylation sites (tertiary alicyclic amines) is 1. The van der Waals surface area contributed by atoms with Crippen LogP contribution in [0, 0.1) is 0 Å². The van der Waals surface area contributed by atoms with Gasteiger partial charge in [0.05, 0.1) is 6.10 Å². The third-order valence-corrected chi connectivity index (χ3v) is 5.14. The van der Waals surface area contributed by atoms with Crippen molar-refractivity contribution in [2.75, 3.05) is 13.1 Å². The summed E-state index contributed by atoms with van der Waals surface area (Å²) < 4.78 is 0. The van der Waals surface area contributed by atoms with Crippen molar-refractivity contribution in [2.24, 2.45) is 0 Å². The zero-order chi connectivity index (χ0) is 12.3. The monoisotopic (exact) mass is 253 g/mol. The highest BCUT2D eigenvalue weighted by Crippen LogP contribution is 2.30. The van der Waals surface area contributed by atoms with Gasteiger partial charge in [0.2, 0.25) is 0 Å². The molecule has 0 spiro atoms. The second-order valence-corrected chi connectivity index (χ2v) is 6.24. The molecule has 3 heteroatoms. The minimum absolute atomic E-state index is 0.0551. The van der Waals surface area contributed by atoms with Gasteiger partial charge in [0.25, 0.3) is 0 Å². The maximum Gasteiger partial charge on any atom is 0.0769 e. The molecule has 1 fully saturated rings. The summed E-state index contributed by atoms with van der Waals surface area (Å²) >= 11 is 1.74. The van der Waals surface area contributed by atoms with Crippen LogP contribution in [0.25, 0.3) is 0 Å². The third kappa shape index (κ3) is 2.72. The molecular weight excluding hydrogens is 230 g/mol. The van der Waals surface area contributed by atoms with Crippen molar-refractivity contribution in [1.82, 2.24) is 4.90 Å². The highest BCUT2D eigenvalue weighted by Gasteiger charge is 2.38. The van der Waals surface area contributed by atoms with E-state index in [1.165, 1.54) is 17.7 Å². The Bertz CT molecular complexity index is 332. The first-order valence-corrected chi connectivity index (χ1v) is 7.50. The van der Waals surface area contributed by atoms with Crippen molar-refractivity contribution in [1.29, 1.82) is 0 Å². The molecule has 0 amide bonds. The van der Waals surface area contributed by atoms with Crippen molar-refractivity contribution in [3.8, 4) is 0 Å². The van der Waals surface area contributed by atoms with E-state index in [2.05, 4.69) is 36.3 Å². The van der Waals surface area contributed by atoms with Crippen LogP contribution in [0.2, 0.25) is 0 Å². The molecule has 1 aliphatic rings. The van der Waals surface area contributed by atoms with E-state index in [1.54, 1.807) is 11.3 Å². The lowest BCUT2D eigenvalue weighted by molar-refractivity contribution is -0.0113. The Morgan fingerprint density at radius 1 is 1.47 bits per heavy atom. The fourth-order valence-electron chi connectivity index (χ4n) is 2.74. The lowest BCUT2D eigenvalue weighted by Crippen LogP contribution is -2.53. The van der Waals surface area contributed by atoms with Gasteiger partial charge in [-0.1, -0.05) is 13.0 Å². The zero-order valence-corrected chi connectivity index (χ0v) is 11.7. The molecule has 96 valence electrons. The van der Waals surface area contributed by atoms with Crippen LogP contribution in [-0.2, 0) is 6.42 Å². The van der Waals surface area contributed by atoms with Gasteiger partial charge in [0.15, 0.2) is 0 Å². The lowest BCUT2D eigenvalue weighted by Gasteiger charge is -2.42. The van der Waals surface area contributed by atoms with E-state index in [-0.39, 0.29) is 11.6 Å². The van der Waals surface area contributed by atoms with E-state index in [9.17, 15) is 5.11 Å². The maximum absolute atomic E-state index is 10.6. The zero-order valence-electron chi connectivity index (χ0n) is 10.9. The summed E-state index contributed by atoms with van der Waals surface area (Å²) in [6, 6.07) is 4.18. The summed E-state index contributed by atoms with van der Waals surface area (Å²) in [5.41, 5.74) is -0.0551. The molecule has 0 bridgehead atoms. The van der Waals surface area contributed by atoms with Gasteiger partial charge in [-0.2, -0.15) is 0 Å². The first-order valence-electron chi connectivity index (χ1n) is 6.62. The molecule has 1 aliphatic heterocycles. The molecule has 2 heterocycles. The second kappa shape index (κ2) is 5.51. The van der Waals surface area contributed by atoms with Crippen molar-refractivity contribution in [3.63, 3.8) is 0 Å². The predicted molar refractivity (Wildman–Crippen MR) is 73.5 cm³/mol. The largest absolute Gasteiger partial charge is 0.391 e. The highest BCUT2D eigenvalue weighted by atomic mass is 32.1. The molecule has 1 saturated heterocycles. The van der Waals surface area contributed by atoms with Gasteiger partial charge >= 0.3 is 0 Å². The molecule has 2 atom stereocenters. The van der Waals surface area contributed by atoms with E-state index in [0.717, 1.165) is 25.9 Å². The summed E-state index contributed by atoms with van der Waals surface area (Å²) in [4.78, 5) is 3.77. The van der Waals surface area contributed by atoms with Crippen molar-refractivity contribution in [3.05, 3.63) is 22.4 Å². The van der Waals surface area contributed by atoms with E-state index >= 15 is 0 Å². The maximum atomic E-state index is 10.6. The molecule has 0 aliphatic carbocycles. The van der Waals surface area contributed by atoms with Gasteiger partial charge in [-0.05, 0) is 50.7 Å². The molecule has 1 N–H and O–H groups in total. The van der Waals surface area contributed by atoms with Crippen LogP contribution in [0.4, 0.5) is 0 Å². The van der Waals surface area contributed by atoms with Gasteiger partial charge in [-0.15, -0.1) is 11.3 Å². The summed E-state index contributed by atoms with van der Waals surface area (Å²) in [6.07, 6.45) is 4.10. The summed E-state index contributed by atoms with van der Waals surface area (Å²) in [6.45, 7) is 6.70. The Labute approximate surface area is 108 Å². The van der Waals surface area contributed by atoms with Gasteiger partial charge in [0.1, 0.15) is 0 Å². The van der Waals surface area contributed by atoms with Crippen LogP contribution in [0.1, 0.15) is 38.0 Å². The fourth-order valence-corrected chi connectivity index (χ4v) is 3.48. The normalized spacial score (nSPS) is 22.5. The molecule has 2 unspecified atom stereocenters. The van der Waals surface area contributed by atoms with Crippen LogP contribution in [0.15, 0.2) is 17.5 Å². The molecule has 0 aromatic carbocycles. The summed E-state index contributed by atoms with van der Waals surface area (Å²) in [5.74, 6) is 0. The van der Waals surface area contributed by atoms with Crippen LogP contribution < -0.4 is 0 Å². The third-order valence-electron chi connectivity index (χ3n) is 4.24. The number of nitrogens with zero attached hydrogens (tertiary/aromatic N) is 1. The van der Waals surface area contributed by atoms with Crippen molar-refractivity contribution < 1.29 is 5.11 Å². The smallest absolute Gasteiger partial charge is 0.0769 e. The number of thiophene rings is 1. The number of rotatable bonds is 5. The Kier molecular flexibility index (Phi) is 4.23. The molecule has 0 saturated carbocycles. The van der Waals surface area contributed by atoms with Crippen LogP contribution in [0.5, 0.6) is 0 Å². The van der Waals surface area contributed by atoms with Gasteiger partial charge in [0, 0.05) is 16.8 Å². The number of aliphatic hydroxyl groups is 1. The number of hydrogen-bond donors (Lipinski definition) is 1. The Morgan fingerprint density at radius 3 is 2.71 bits per heavy atom. The van der Waals surface area contributed by atoms with E-state index in [1.807, 2.05) is 0 Å². The first kappa shape index (κ1) is 13.1. The van der Waals surface area contributed by atoms with Gasteiger partial charge in [-0.3, -0.25) is 4.90 Å². The predicted octanol–water partition coefficient (Wildman–Crippen LogP) is 2.92. The SMILES string of the molecule is CCC(C)(C(O)Cc1cccs1)N1CCCC1. The fraction of sp³-hybridized carbons (Fsp3) is 0.714. The molecule has 2 rings (SSSR count). The highest BCUT2D eigenvalue weighted by molar-refractivity contribution is 7.09. The van der Waals surface area contributed by atoms with Crippen LogP contribution in [0.3, 0.4) is 0 Å². The van der Waals surface area contributed by atoms with Crippen molar-refractivity contribution >= 4 is 11.3 Å². The Morgan fingerprint density at radius 2 is 2.18 bits per heavy atom. The molecule has 0 radical (unpaired) electrons. The van der Waals surface area contributed by atoms with Crippen molar-refractivity contribution in [2.45, 2.75) is 51.2 Å². The van der Waals surface area contributed by atoms with Crippen LogP contribution >= 0.6 is 11.3 Å². The molecule has 1 aromatic rings. The standard InChI is InChI=1S/C14H23NOS/c1-3-14(2,15-8-4-5-9-15)13(16)11-12-7-6-10-17-12/h6-7,10,13,16H,3-5,8-9,11H2,1-2H3. The number of hydrogen-bond acceptors (Lipinski definition) is 3. The van der Waals surface area contributed by atoms with Gasteiger partial charge in [-0.25, -0.2) is 0 Å². The average molecular weight is 253 g/mol. The molecule has 2 nitrogen and oxygen atoms in total. The lowest BCUT2D eigenvalue weighted by atomic mass is 9.87. The van der Waals surface area contributed by atoms with E-state index < -0.39 is 0 Å². The molecular formula is C14H23NOS. The van der Waals surface area contributed by atoms with E-state index in [0.29, 0.717) is 0 Å². The molecule has 17 heavy (non-hydrogen) atoms. The second-order valence-electron chi connectivity index (χ2n) is 5.20. The minimum Gasteiger partial charge on any atom is -0.391 e. The Balaban J connectivity index is 2.05. The number of aliphatic hydroxyl groups excluding tert-OH is 1. The minimum atomic E-state index is -0.260. The van der Waals surface area contributed by atoms with Crippen LogP contribution in [-0.4, -0.2) is 34.7 Å². The summed E-state index contributed by atoms with van der Waals surface area (Å²) in [5, 5.41) is 12.6.